The zero-order chi connectivity index (χ0) is 14.0. The number of nitrogens with zero attached hydrogens (tertiary/aromatic N) is 3. The molecule has 1 saturated heterocycles. The number of rotatable bonds is 4. The van der Waals surface area contributed by atoms with Crippen LogP contribution in [0.3, 0.4) is 0 Å². The second-order valence-corrected chi connectivity index (χ2v) is 5.40. The highest BCUT2D eigenvalue weighted by Crippen LogP contribution is 2.33. The van der Waals surface area contributed by atoms with Crippen LogP contribution in [0.15, 0.2) is 12.7 Å². The lowest BCUT2D eigenvalue weighted by molar-refractivity contribution is -0.0864. The summed E-state index contributed by atoms with van der Waals surface area (Å²) in [6, 6.07) is 0.380. The van der Waals surface area contributed by atoms with Crippen molar-refractivity contribution in [2.24, 2.45) is 0 Å². The molecule has 0 amide bonds. The summed E-state index contributed by atoms with van der Waals surface area (Å²) >= 11 is 0. The highest BCUT2D eigenvalue weighted by atomic mass is 16.5. The van der Waals surface area contributed by atoms with Crippen molar-refractivity contribution in [1.82, 2.24) is 19.9 Å². The molecule has 6 heteroatoms. The van der Waals surface area contributed by atoms with Gasteiger partial charge in [-0.05, 0) is 25.7 Å². The van der Waals surface area contributed by atoms with Gasteiger partial charge in [0.15, 0.2) is 11.5 Å². The average Bonchev–Trinajstić information content (AvgIpc) is 2.97. The van der Waals surface area contributed by atoms with E-state index in [4.69, 9.17) is 4.74 Å². The Labute approximate surface area is 118 Å². The third-order valence-corrected chi connectivity index (χ3v) is 4.35. The van der Waals surface area contributed by atoms with Crippen LogP contribution in [-0.2, 0) is 4.74 Å². The molecule has 2 N–H and O–H groups in total. The number of nitrogens with one attached hydrogen (secondary N) is 2. The molecule has 1 aliphatic heterocycles. The van der Waals surface area contributed by atoms with E-state index in [9.17, 15) is 0 Å². The van der Waals surface area contributed by atoms with Crippen LogP contribution < -0.4 is 5.32 Å². The fraction of sp³-hybridized carbons (Fsp3) is 0.643. The van der Waals surface area contributed by atoms with Crippen LogP contribution in [0.25, 0.3) is 11.2 Å². The molecular formula is C14H21N5O. The molecule has 6 nitrogen and oxygen atoms in total. The Morgan fingerprint density at radius 2 is 2.20 bits per heavy atom. The van der Waals surface area contributed by atoms with E-state index in [-0.39, 0.29) is 5.60 Å². The Kier molecular flexibility index (Phi) is 3.56. The van der Waals surface area contributed by atoms with Gasteiger partial charge in [0, 0.05) is 12.6 Å². The fourth-order valence-corrected chi connectivity index (χ4v) is 2.96. The summed E-state index contributed by atoms with van der Waals surface area (Å²) in [6.07, 6.45) is 7.31. The molecule has 0 radical (unpaired) electrons. The Balaban J connectivity index is 1.79. The molecule has 1 atom stereocenters. The lowest BCUT2D eigenvalue weighted by Crippen LogP contribution is -2.43. The summed E-state index contributed by atoms with van der Waals surface area (Å²) in [5, 5.41) is 3.53. The summed E-state index contributed by atoms with van der Waals surface area (Å²) < 4.78 is 6.01. The van der Waals surface area contributed by atoms with Crippen molar-refractivity contribution in [3.8, 4) is 0 Å². The van der Waals surface area contributed by atoms with Crippen LogP contribution in [0.5, 0.6) is 0 Å². The Morgan fingerprint density at radius 3 is 3.00 bits per heavy atom. The molecule has 108 valence electrons. The molecule has 20 heavy (non-hydrogen) atoms. The van der Waals surface area contributed by atoms with Crippen molar-refractivity contribution in [2.45, 2.75) is 51.2 Å². The van der Waals surface area contributed by atoms with Gasteiger partial charge in [0.1, 0.15) is 11.8 Å². The number of aromatic nitrogens is 4. The van der Waals surface area contributed by atoms with Crippen molar-refractivity contribution in [1.29, 1.82) is 0 Å². The first-order valence-corrected chi connectivity index (χ1v) is 7.31. The molecule has 0 spiro atoms. The molecule has 0 aliphatic carbocycles. The molecule has 1 unspecified atom stereocenters. The molecule has 3 rings (SSSR count). The van der Waals surface area contributed by atoms with Crippen molar-refractivity contribution in [2.75, 3.05) is 11.9 Å². The normalized spacial score (nSPS) is 22.0. The minimum Gasteiger partial charge on any atom is -0.375 e. The number of imidazole rings is 1. The van der Waals surface area contributed by atoms with Gasteiger partial charge in [-0.25, -0.2) is 15.0 Å². The Morgan fingerprint density at radius 1 is 1.35 bits per heavy atom. The Hall–Kier alpha value is -1.69. The summed E-state index contributed by atoms with van der Waals surface area (Å²) in [7, 11) is 0. The van der Waals surface area contributed by atoms with Crippen LogP contribution in [-0.4, -0.2) is 38.2 Å². The van der Waals surface area contributed by atoms with E-state index in [1.807, 2.05) is 0 Å². The second kappa shape index (κ2) is 5.36. The standard InChI is InChI=1S/C14H21N5O/c1-3-14(4-2)7-10(5-6-20-14)19-13-11-12(16-8-15-11)17-9-18-13/h8-10H,3-7H2,1-2H3,(H2,15,16,17,18,19). The zero-order valence-electron chi connectivity index (χ0n) is 12.0. The number of anilines is 1. The fourth-order valence-electron chi connectivity index (χ4n) is 2.96. The smallest absolute Gasteiger partial charge is 0.182 e. The van der Waals surface area contributed by atoms with Crippen molar-refractivity contribution in [3.05, 3.63) is 12.7 Å². The van der Waals surface area contributed by atoms with Gasteiger partial charge in [-0.2, -0.15) is 0 Å². The zero-order valence-corrected chi connectivity index (χ0v) is 12.0. The van der Waals surface area contributed by atoms with Gasteiger partial charge < -0.3 is 15.0 Å². The molecule has 2 aromatic rings. The molecule has 0 saturated carbocycles. The highest BCUT2D eigenvalue weighted by molar-refractivity contribution is 5.82. The first kappa shape index (κ1) is 13.3. The van der Waals surface area contributed by atoms with Gasteiger partial charge in [-0.3, -0.25) is 0 Å². The minimum absolute atomic E-state index is 0.00997. The lowest BCUT2D eigenvalue weighted by Gasteiger charge is -2.40. The first-order valence-electron chi connectivity index (χ1n) is 7.31. The maximum atomic E-state index is 6.01. The number of aromatic amines is 1. The van der Waals surface area contributed by atoms with E-state index in [0.29, 0.717) is 11.7 Å². The predicted molar refractivity (Wildman–Crippen MR) is 77.6 cm³/mol. The number of ether oxygens (including phenoxy) is 1. The third kappa shape index (κ3) is 2.35. The molecular weight excluding hydrogens is 254 g/mol. The monoisotopic (exact) mass is 275 g/mol. The van der Waals surface area contributed by atoms with Crippen molar-refractivity contribution in [3.63, 3.8) is 0 Å². The van der Waals surface area contributed by atoms with E-state index in [1.165, 1.54) is 0 Å². The number of hydrogen-bond acceptors (Lipinski definition) is 5. The van der Waals surface area contributed by atoms with Crippen LogP contribution in [0.2, 0.25) is 0 Å². The maximum Gasteiger partial charge on any atom is 0.182 e. The van der Waals surface area contributed by atoms with Gasteiger partial charge in [0.25, 0.3) is 0 Å². The number of fused-ring (bicyclic) bond motifs is 1. The topological polar surface area (TPSA) is 75.7 Å². The number of hydrogen-bond donors (Lipinski definition) is 2. The van der Waals surface area contributed by atoms with E-state index in [1.54, 1.807) is 12.7 Å². The van der Waals surface area contributed by atoms with Crippen LogP contribution in [0, 0.1) is 0 Å². The van der Waals surface area contributed by atoms with Gasteiger partial charge >= 0.3 is 0 Å². The van der Waals surface area contributed by atoms with Gasteiger partial charge in [-0.1, -0.05) is 13.8 Å². The largest absolute Gasteiger partial charge is 0.375 e. The minimum atomic E-state index is 0.00997. The summed E-state index contributed by atoms with van der Waals surface area (Å²) in [5.74, 6) is 0.834. The number of H-pyrrole nitrogens is 1. The van der Waals surface area contributed by atoms with Crippen LogP contribution >= 0.6 is 0 Å². The first-order chi connectivity index (χ1) is 9.76. The Bertz CT molecular complexity index is 578. The maximum absolute atomic E-state index is 6.01. The predicted octanol–water partition coefficient (Wildman–Crippen LogP) is 2.50. The van der Waals surface area contributed by atoms with E-state index < -0.39 is 0 Å². The highest BCUT2D eigenvalue weighted by Gasteiger charge is 2.34. The van der Waals surface area contributed by atoms with Gasteiger partial charge in [-0.15, -0.1) is 0 Å². The molecule has 0 aromatic carbocycles. The van der Waals surface area contributed by atoms with Crippen molar-refractivity contribution < 1.29 is 4.74 Å². The summed E-state index contributed by atoms with van der Waals surface area (Å²) in [4.78, 5) is 15.7. The van der Waals surface area contributed by atoms with Gasteiger partial charge in [0.05, 0.1) is 11.9 Å². The van der Waals surface area contributed by atoms with E-state index >= 15 is 0 Å². The molecule has 0 bridgehead atoms. The molecule has 1 aliphatic rings. The molecule has 1 fully saturated rings. The summed E-state index contributed by atoms with van der Waals surface area (Å²) in [5.41, 5.74) is 1.58. The van der Waals surface area contributed by atoms with E-state index in [2.05, 4.69) is 39.1 Å². The van der Waals surface area contributed by atoms with E-state index in [0.717, 1.165) is 43.6 Å². The third-order valence-electron chi connectivity index (χ3n) is 4.35. The molecule has 3 heterocycles. The average molecular weight is 275 g/mol. The SMILES string of the molecule is CCC1(CC)CC(Nc2ncnc3nc[nH]c23)CCO1. The summed E-state index contributed by atoms with van der Waals surface area (Å²) in [6.45, 7) is 5.20. The van der Waals surface area contributed by atoms with Crippen LogP contribution in [0.4, 0.5) is 5.82 Å². The molecule has 2 aromatic heterocycles. The van der Waals surface area contributed by atoms with Crippen molar-refractivity contribution >= 4 is 17.0 Å². The second-order valence-electron chi connectivity index (χ2n) is 5.40. The van der Waals surface area contributed by atoms with Crippen LogP contribution in [0.1, 0.15) is 39.5 Å². The lowest BCUT2D eigenvalue weighted by atomic mass is 9.86. The van der Waals surface area contributed by atoms with Gasteiger partial charge in [0.2, 0.25) is 0 Å². The quantitative estimate of drug-likeness (QED) is 0.896.